The number of nitrogens with two attached hydrogens (primary N) is 1. The zero-order chi connectivity index (χ0) is 17.0. The average Bonchev–Trinajstić information content (AvgIpc) is 3.17. The summed E-state index contributed by atoms with van der Waals surface area (Å²) in [7, 11) is 0. The molecule has 8 heteroatoms. The smallest absolute Gasteiger partial charge is 0.251 e. The fourth-order valence-electron chi connectivity index (χ4n) is 2.18. The molecule has 0 aliphatic heterocycles. The van der Waals surface area contributed by atoms with E-state index < -0.39 is 11.9 Å². The molecule has 23 heavy (non-hydrogen) atoms. The standard InChI is InChI=1S/C15H21N5O2S/c1-9(11(3)20-7-4-6-17-20)18-10(2)14(22)19-15-12(13(16)21)5-8-23-15/h4-11,18H,1-3H3,(H2,16,21)(H,19,22)/t9-,10+,11+/m1/s1. The van der Waals surface area contributed by atoms with Crippen LogP contribution < -0.4 is 16.4 Å². The largest absolute Gasteiger partial charge is 0.366 e. The van der Waals surface area contributed by atoms with Gasteiger partial charge in [0.05, 0.1) is 17.6 Å². The highest BCUT2D eigenvalue weighted by Gasteiger charge is 2.21. The van der Waals surface area contributed by atoms with Crippen molar-refractivity contribution in [3.05, 3.63) is 35.5 Å². The molecular weight excluding hydrogens is 314 g/mol. The van der Waals surface area contributed by atoms with Crippen molar-refractivity contribution in [1.29, 1.82) is 0 Å². The van der Waals surface area contributed by atoms with Crippen molar-refractivity contribution in [1.82, 2.24) is 15.1 Å². The Morgan fingerprint density at radius 2 is 2.09 bits per heavy atom. The molecule has 0 saturated heterocycles. The van der Waals surface area contributed by atoms with Gasteiger partial charge in [0.15, 0.2) is 0 Å². The molecule has 0 aliphatic carbocycles. The summed E-state index contributed by atoms with van der Waals surface area (Å²) in [5, 5.41) is 12.4. The van der Waals surface area contributed by atoms with E-state index in [0.717, 1.165) is 0 Å². The second-order valence-electron chi connectivity index (χ2n) is 5.42. The first-order chi connectivity index (χ1) is 10.9. The van der Waals surface area contributed by atoms with Gasteiger partial charge in [-0.15, -0.1) is 11.3 Å². The second kappa shape index (κ2) is 7.38. The Morgan fingerprint density at radius 3 is 2.70 bits per heavy atom. The lowest BCUT2D eigenvalue weighted by molar-refractivity contribution is -0.118. The predicted octanol–water partition coefficient (Wildman–Crippen LogP) is 1.61. The number of rotatable bonds is 7. The normalized spacial score (nSPS) is 14.9. The highest BCUT2D eigenvalue weighted by Crippen LogP contribution is 2.22. The summed E-state index contributed by atoms with van der Waals surface area (Å²) in [5.41, 5.74) is 5.60. The van der Waals surface area contributed by atoms with Crippen LogP contribution in [0.5, 0.6) is 0 Å². The zero-order valence-electron chi connectivity index (χ0n) is 13.3. The molecule has 3 atom stereocenters. The Kier molecular flexibility index (Phi) is 5.51. The van der Waals surface area contributed by atoms with Crippen LogP contribution in [0.25, 0.3) is 0 Å². The van der Waals surface area contributed by atoms with Crippen LogP contribution in [0.3, 0.4) is 0 Å². The van der Waals surface area contributed by atoms with E-state index in [0.29, 0.717) is 10.6 Å². The minimum atomic E-state index is -0.553. The number of nitrogens with one attached hydrogen (secondary N) is 2. The van der Waals surface area contributed by atoms with Gasteiger partial charge in [0, 0.05) is 18.4 Å². The molecule has 0 radical (unpaired) electrons. The van der Waals surface area contributed by atoms with Crippen molar-refractivity contribution in [2.75, 3.05) is 5.32 Å². The lowest BCUT2D eigenvalue weighted by Gasteiger charge is -2.25. The van der Waals surface area contributed by atoms with Gasteiger partial charge in [0.25, 0.3) is 5.91 Å². The Morgan fingerprint density at radius 1 is 1.35 bits per heavy atom. The van der Waals surface area contributed by atoms with Crippen molar-refractivity contribution < 1.29 is 9.59 Å². The van der Waals surface area contributed by atoms with Crippen molar-refractivity contribution >= 4 is 28.2 Å². The summed E-state index contributed by atoms with van der Waals surface area (Å²) in [5.74, 6) is -0.766. The van der Waals surface area contributed by atoms with E-state index >= 15 is 0 Å². The van der Waals surface area contributed by atoms with Gasteiger partial charge in [0.2, 0.25) is 5.91 Å². The predicted molar refractivity (Wildman–Crippen MR) is 90.5 cm³/mol. The topological polar surface area (TPSA) is 102 Å². The van der Waals surface area contributed by atoms with Crippen LogP contribution in [0.2, 0.25) is 0 Å². The molecule has 0 bridgehead atoms. The van der Waals surface area contributed by atoms with Gasteiger partial charge >= 0.3 is 0 Å². The van der Waals surface area contributed by atoms with Crippen molar-refractivity contribution in [3.8, 4) is 0 Å². The van der Waals surface area contributed by atoms with E-state index in [1.54, 1.807) is 24.6 Å². The monoisotopic (exact) mass is 335 g/mol. The first-order valence-corrected chi connectivity index (χ1v) is 8.21. The molecule has 0 aromatic carbocycles. The zero-order valence-corrected chi connectivity index (χ0v) is 14.1. The first kappa shape index (κ1) is 17.2. The number of primary amides is 1. The molecule has 0 unspecified atom stereocenters. The third-order valence-corrected chi connectivity index (χ3v) is 4.57. The van der Waals surface area contributed by atoms with E-state index in [-0.39, 0.29) is 18.0 Å². The van der Waals surface area contributed by atoms with E-state index in [1.807, 2.05) is 30.8 Å². The van der Waals surface area contributed by atoms with Gasteiger partial charge in [-0.05, 0) is 38.3 Å². The molecule has 124 valence electrons. The quantitative estimate of drug-likeness (QED) is 0.715. The summed E-state index contributed by atoms with van der Waals surface area (Å²) in [6.45, 7) is 5.80. The van der Waals surface area contributed by atoms with Crippen LogP contribution in [-0.2, 0) is 4.79 Å². The fourth-order valence-corrected chi connectivity index (χ4v) is 2.98. The van der Waals surface area contributed by atoms with Crippen LogP contribution in [0, 0.1) is 0 Å². The number of aromatic nitrogens is 2. The van der Waals surface area contributed by atoms with E-state index in [1.165, 1.54) is 11.3 Å². The molecule has 2 amide bonds. The Hall–Kier alpha value is -2.19. The number of hydrogen-bond acceptors (Lipinski definition) is 5. The van der Waals surface area contributed by atoms with Crippen molar-refractivity contribution in [2.45, 2.75) is 38.9 Å². The third-order valence-electron chi connectivity index (χ3n) is 3.74. The molecule has 7 nitrogen and oxygen atoms in total. The van der Waals surface area contributed by atoms with E-state index in [9.17, 15) is 9.59 Å². The van der Waals surface area contributed by atoms with E-state index in [2.05, 4.69) is 15.7 Å². The Labute approximate surface area is 138 Å². The van der Waals surface area contributed by atoms with Crippen molar-refractivity contribution in [2.24, 2.45) is 5.73 Å². The highest BCUT2D eigenvalue weighted by atomic mass is 32.1. The maximum absolute atomic E-state index is 12.3. The Bertz CT molecular complexity index is 667. The van der Waals surface area contributed by atoms with Gasteiger partial charge in [-0.3, -0.25) is 14.3 Å². The molecular formula is C15H21N5O2S. The number of carbonyl (C=O) groups excluding carboxylic acids is 2. The number of amides is 2. The summed E-state index contributed by atoms with van der Waals surface area (Å²) >= 11 is 1.27. The maximum Gasteiger partial charge on any atom is 0.251 e. The lowest BCUT2D eigenvalue weighted by Crippen LogP contribution is -2.45. The highest BCUT2D eigenvalue weighted by molar-refractivity contribution is 7.14. The molecule has 0 spiro atoms. The van der Waals surface area contributed by atoms with Crippen LogP contribution >= 0.6 is 11.3 Å². The van der Waals surface area contributed by atoms with Crippen LogP contribution in [0.1, 0.15) is 37.2 Å². The molecule has 2 heterocycles. The summed E-state index contributed by atoms with van der Waals surface area (Å²) in [6, 6.07) is 3.17. The van der Waals surface area contributed by atoms with Gasteiger partial charge in [-0.25, -0.2) is 0 Å². The van der Waals surface area contributed by atoms with Crippen LogP contribution in [0.4, 0.5) is 5.00 Å². The van der Waals surface area contributed by atoms with Crippen LogP contribution in [-0.4, -0.2) is 33.7 Å². The molecule has 0 aliphatic rings. The Balaban J connectivity index is 1.94. The summed E-state index contributed by atoms with van der Waals surface area (Å²) in [4.78, 5) is 23.6. The minimum absolute atomic E-state index is 0.0367. The first-order valence-electron chi connectivity index (χ1n) is 7.33. The number of carbonyl (C=O) groups is 2. The van der Waals surface area contributed by atoms with Gasteiger partial charge < -0.3 is 16.4 Å². The lowest BCUT2D eigenvalue weighted by atomic mass is 10.1. The second-order valence-corrected chi connectivity index (χ2v) is 6.34. The SMILES string of the molecule is C[C@H](N[C@H](C)[C@H](C)n1cccn1)C(=O)Nc1sccc1C(N)=O. The molecule has 4 N–H and O–H groups in total. The van der Waals surface area contributed by atoms with Crippen molar-refractivity contribution in [3.63, 3.8) is 0 Å². The maximum atomic E-state index is 12.3. The molecule has 2 rings (SSSR count). The molecule has 0 saturated carbocycles. The molecule has 2 aromatic heterocycles. The van der Waals surface area contributed by atoms with Crippen LogP contribution in [0.15, 0.2) is 29.9 Å². The summed E-state index contributed by atoms with van der Waals surface area (Å²) in [6.07, 6.45) is 3.61. The molecule has 2 aromatic rings. The third kappa shape index (κ3) is 4.17. The minimum Gasteiger partial charge on any atom is -0.366 e. The van der Waals surface area contributed by atoms with E-state index in [4.69, 9.17) is 5.73 Å². The fraction of sp³-hybridized carbons (Fsp3) is 0.400. The van der Waals surface area contributed by atoms with Gasteiger partial charge in [-0.1, -0.05) is 0 Å². The number of thiophene rings is 1. The average molecular weight is 335 g/mol. The van der Waals surface area contributed by atoms with Gasteiger partial charge in [-0.2, -0.15) is 5.10 Å². The number of hydrogen-bond donors (Lipinski definition) is 3. The molecule has 0 fully saturated rings. The van der Waals surface area contributed by atoms with Gasteiger partial charge in [0.1, 0.15) is 5.00 Å². The number of anilines is 1. The number of nitrogens with zero attached hydrogens (tertiary/aromatic N) is 2. The summed E-state index contributed by atoms with van der Waals surface area (Å²) < 4.78 is 1.84.